The number of nitrogens with zero attached hydrogens (tertiary/aromatic N) is 3. The SMILES string of the molecule is CCCCCN(C)C1=NC(C)NC(=N)N1C. The molecule has 0 bridgehead atoms. The summed E-state index contributed by atoms with van der Waals surface area (Å²) in [6, 6.07) is 0. The molecular formula is C11H23N5. The molecule has 0 spiro atoms. The van der Waals surface area contributed by atoms with Gasteiger partial charge in [-0.25, -0.2) is 4.99 Å². The van der Waals surface area contributed by atoms with Gasteiger partial charge in [-0.15, -0.1) is 0 Å². The van der Waals surface area contributed by atoms with E-state index in [9.17, 15) is 0 Å². The number of guanidine groups is 2. The molecule has 5 nitrogen and oxygen atoms in total. The second-order valence-electron chi connectivity index (χ2n) is 4.29. The van der Waals surface area contributed by atoms with Gasteiger partial charge < -0.3 is 10.2 Å². The van der Waals surface area contributed by atoms with Crippen LogP contribution in [0.5, 0.6) is 0 Å². The summed E-state index contributed by atoms with van der Waals surface area (Å²) >= 11 is 0. The molecule has 5 heteroatoms. The minimum atomic E-state index is -0.00711. The average molecular weight is 225 g/mol. The van der Waals surface area contributed by atoms with Crippen LogP contribution < -0.4 is 5.32 Å². The van der Waals surface area contributed by atoms with Crippen LogP contribution in [0, 0.1) is 5.41 Å². The minimum absolute atomic E-state index is 0.00711. The van der Waals surface area contributed by atoms with Crippen LogP contribution in [0.2, 0.25) is 0 Å². The summed E-state index contributed by atoms with van der Waals surface area (Å²) in [4.78, 5) is 8.42. The zero-order valence-electron chi connectivity index (χ0n) is 10.7. The van der Waals surface area contributed by atoms with Gasteiger partial charge in [0.15, 0.2) is 5.96 Å². The number of unbranched alkanes of at least 4 members (excludes halogenated alkanes) is 2. The Morgan fingerprint density at radius 3 is 2.81 bits per heavy atom. The zero-order valence-corrected chi connectivity index (χ0v) is 10.7. The Kier molecular flexibility index (Phi) is 4.58. The van der Waals surface area contributed by atoms with E-state index in [0.29, 0.717) is 5.96 Å². The highest BCUT2D eigenvalue weighted by Gasteiger charge is 2.22. The van der Waals surface area contributed by atoms with Gasteiger partial charge in [0, 0.05) is 20.6 Å². The van der Waals surface area contributed by atoms with E-state index in [-0.39, 0.29) is 6.17 Å². The molecule has 1 rings (SSSR count). The molecule has 0 aromatic rings. The lowest BCUT2D eigenvalue weighted by atomic mass is 10.2. The summed E-state index contributed by atoms with van der Waals surface area (Å²) in [5.41, 5.74) is 0. The first-order chi connectivity index (χ1) is 7.56. The lowest BCUT2D eigenvalue weighted by molar-refractivity contribution is 0.408. The summed E-state index contributed by atoms with van der Waals surface area (Å²) in [5.74, 6) is 1.30. The van der Waals surface area contributed by atoms with E-state index in [0.717, 1.165) is 12.5 Å². The summed E-state index contributed by atoms with van der Waals surface area (Å²) in [6.07, 6.45) is 3.64. The molecule has 92 valence electrons. The fourth-order valence-corrected chi connectivity index (χ4v) is 1.74. The van der Waals surface area contributed by atoms with E-state index >= 15 is 0 Å². The Balaban J connectivity index is 2.59. The number of aliphatic imine (C=N–C) groups is 1. The molecule has 1 atom stereocenters. The smallest absolute Gasteiger partial charge is 0.205 e. The van der Waals surface area contributed by atoms with Crippen LogP contribution in [-0.4, -0.2) is 48.5 Å². The highest BCUT2D eigenvalue weighted by Crippen LogP contribution is 2.05. The van der Waals surface area contributed by atoms with Crippen LogP contribution in [0.15, 0.2) is 4.99 Å². The van der Waals surface area contributed by atoms with E-state index < -0.39 is 0 Å². The van der Waals surface area contributed by atoms with Gasteiger partial charge >= 0.3 is 0 Å². The van der Waals surface area contributed by atoms with Gasteiger partial charge in [0.25, 0.3) is 0 Å². The molecule has 1 unspecified atom stereocenters. The van der Waals surface area contributed by atoms with Crippen molar-refractivity contribution in [2.75, 3.05) is 20.6 Å². The van der Waals surface area contributed by atoms with Crippen molar-refractivity contribution in [2.45, 2.75) is 39.3 Å². The topological polar surface area (TPSA) is 54.7 Å². The lowest BCUT2D eigenvalue weighted by Gasteiger charge is -2.34. The van der Waals surface area contributed by atoms with Gasteiger partial charge in [-0.3, -0.25) is 10.3 Å². The molecule has 0 saturated carbocycles. The highest BCUT2D eigenvalue weighted by atomic mass is 15.5. The molecule has 0 amide bonds. The third-order valence-electron chi connectivity index (χ3n) is 2.73. The van der Waals surface area contributed by atoms with Crippen molar-refractivity contribution in [3.8, 4) is 0 Å². The summed E-state index contributed by atoms with van der Waals surface area (Å²) in [7, 11) is 3.91. The fourth-order valence-electron chi connectivity index (χ4n) is 1.74. The van der Waals surface area contributed by atoms with Crippen LogP contribution in [0.25, 0.3) is 0 Å². The minimum Gasteiger partial charge on any atom is -0.345 e. The molecule has 0 fully saturated rings. The van der Waals surface area contributed by atoms with Gasteiger partial charge in [-0.1, -0.05) is 19.8 Å². The second kappa shape index (κ2) is 5.72. The van der Waals surface area contributed by atoms with E-state index in [1.165, 1.54) is 19.3 Å². The predicted octanol–water partition coefficient (Wildman–Crippen LogP) is 1.28. The zero-order chi connectivity index (χ0) is 12.1. The van der Waals surface area contributed by atoms with Crippen molar-refractivity contribution in [1.82, 2.24) is 15.1 Å². The van der Waals surface area contributed by atoms with Gasteiger partial charge in [0.1, 0.15) is 6.17 Å². The maximum atomic E-state index is 7.77. The quantitative estimate of drug-likeness (QED) is 0.709. The van der Waals surface area contributed by atoms with Gasteiger partial charge in [-0.05, 0) is 13.3 Å². The van der Waals surface area contributed by atoms with Crippen molar-refractivity contribution in [3.63, 3.8) is 0 Å². The first kappa shape index (κ1) is 12.8. The van der Waals surface area contributed by atoms with E-state index in [1.54, 1.807) is 4.90 Å². The van der Waals surface area contributed by atoms with Crippen LogP contribution in [0.3, 0.4) is 0 Å². The van der Waals surface area contributed by atoms with Crippen molar-refractivity contribution in [3.05, 3.63) is 0 Å². The average Bonchev–Trinajstić information content (AvgIpc) is 2.23. The Labute approximate surface area is 98.0 Å². The standard InChI is InChI=1S/C11H23N5/c1-5-6-7-8-15(3)11-14-9(2)13-10(12)16(11)4/h9H,5-8H2,1-4H3,(H2,12,13). The monoisotopic (exact) mass is 225 g/mol. The van der Waals surface area contributed by atoms with Crippen LogP contribution in [0.1, 0.15) is 33.1 Å². The Bertz CT molecular complexity index is 274. The predicted molar refractivity (Wildman–Crippen MR) is 67.7 cm³/mol. The van der Waals surface area contributed by atoms with Crippen molar-refractivity contribution >= 4 is 11.9 Å². The van der Waals surface area contributed by atoms with E-state index in [4.69, 9.17) is 5.41 Å². The number of nitrogens with one attached hydrogen (secondary N) is 2. The maximum Gasteiger partial charge on any atom is 0.205 e. The van der Waals surface area contributed by atoms with Crippen LogP contribution >= 0.6 is 0 Å². The molecule has 0 saturated heterocycles. The first-order valence-electron chi connectivity index (χ1n) is 5.94. The number of hydrogen-bond acceptors (Lipinski definition) is 3. The third-order valence-corrected chi connectivity index (χ3v) is 2.73. The lowest BCUT2D eigenvalue weighted by Crippen LogP contribution is -2.54. The normalized spacial score (nSPS) is 20.5. The largest absolute Gasteiger partial charge is 0.345 e. The maximum absolute atomic E-state index is 7.77. The summed E-state index contributed by atoms with van der Waals surface area (Å²) < 4.78 is 0. The molecule has 0 aliphatic carbocycles. The second-order valence-corrected chi connectivity index (χ2v) is 4.29. The van der Waals surface area contributed by atoms with E-state index in [1.807, 2.05) is 21.0 Å². The molecule has 1 aliphatic heterocycles. The molecule has 0 aromatic carbocycles. The Hall–Kier alpha value is -1.26. The Morgan fingerprint density at radius 2 is 2.19 bits per heavy atom. The molecule has 1 heterocycles. The molecule has 1 aliphatic rings. The van der Waals surface area contributed by atoms with E-state index in [2.05, 4.69) is 22.1 Å². The summed E-state index contributed by atoms with van der Waals surface area (Å²) in [6.45, 7) is 5.16. The van der Waals surface area contributed by atoms with Crippen molar-refractivity contribution in [2.24, 2.45) is 4.99 Å². The molecule has 16 heavy (non-hydrogen) atoms. The van der Waals surface area contributed by atoms with Crippen LogP contribution in [0.4, 0.5) is 0 Å². The Morgan fingerprint density at radius 1 is 1.50 bits per heavy atom. The number of rotatable bonds is 4. The van der Waals surface area contributed by atoms with Gasteiger partial charge in [0.05, 0.1) is 0 Å². The third kappa shape index (κ3) is 3.12. The van der Waals surface area contributed by atoms with Crippen molar-refractivity contribution < 1.29 is 0 Å². The van der Waals surface area contributed by atoms with Crippen molar-refractivity contribution in [1.29, 1.82) is 5.41 Å². The molecule has 2 N–H and O–H groups in total. The van der Waals surface area contributed by atoms with Gasteiger partial charge in [-0.2, -0.15) is 0 Å². The fraction of sp³-hybridized carbons (Fsp3) is 0.818. The molecular weight excluding hydrogens is 202 g/mol. The molecule has 0 radical (unpaired) electrons. The summed E-state index contributed by atoms with van der Waals surface area (Å²) in [5, 5.41) is 10.7. The molecule has 0 aromatic heterocycles. The highest BCUT2D eigenvalue weighted by molar-refractivity contribution is 5.98. The first-order valence-corrected chi connectivity index (χ1v) is 5.94. The number of hydrogen-bond donors (Lipinski definition) is 2. The van der Waals surface area contributed by atoms with Gasteiger partial charge in [0.2, 0.25) is 5.96 Å². The van der Waals surface area contributed by atoms with Crippen LogP contribution in [-0.2, 0) is 0 Å².